The number of halogens is 2. The van der Waals surface area contributed by atoms with Crippen molar-refractivity contribution in [2.45, 2.75) is 39.7 Å². The third-order valence-corrected chi connectivity index (χ3v) is 6.05. The molecular weight excluding hydrogens is 435 g/mol. The summed E-state index contributed by atoms with van der Waals surface area (Å²) < 4.78 is 1.93. The van der Waals surface area contributed by atoms with Crippen LogP contribution in [-0.4, -0.2) is 30.8 Å². The van der Waals surface area contributed by atoms with Crippen molar-refractivity contribution in [3.63, 3.8) is 0 Å². The first-order chi connectivity index (χ1) is 14.9. The molecule has 0 saturated heterocycles. The fraction of sp³-hybridized carbons (Fsp3) is 0.261. The molecule has 0 aliphatic rings. The molecule has 160 valence electrons. The molecule has 2 aromatic carbocycles. The Morgan fingerprint density at radius 3 is 2.45 bits per heavy atom. The van der Waals surface area contributed by atoms with Crippen LogP contribution in [0.15, 0.2) is 36.4 Å². The number of hydrogen-bond donors (Lipinski definition) is 2. The number of imidazole rings is 1. The monoisotopic (exact) mass is 456 g/mol. The summed E-state index contributed by atoms with van der Waals surface area (Å²) in [5.41, 5.74) is 6.29. The van der Waals surface area contributed by atoms with E-state index in [4.69, 9.17) is 23.2 Å². The number of fused-ring (bicyclic) bond motifs is 1. The lowest BCUT2D eigenvalue weighted by atomic mass is 10.1. The van der Waals surface area contributed by atoms with Crippen LogP contribution in [-0.2, 0) is 30.6 Å². The molecule has 0 atom stereocenters. The fourth-order valence-corrected chi connectivity index (χ4v) is 4.16. The minimum atomic E-state index is -0.832. The second kappa shape index (κ2) is 8.73. The Bertz CT molecular complexity index is 1220. The van der Waals surface area contributed by atoms with Crippen LogP contribution in [0.4, 0.5) is 0 Å². The van der Waals surface area contributed by atoms with Crippen molar-refractivity contribution in [2.24, 2.45) is 0 Å². The molecule has 31 heavy (non-hydrogen) atoms. The van der Waals surface area contributed by atoms with E-state index >= 15 is 0 Å². The van der Waals surface area contributed by atoms with Crippen molar-refractivity contribution in [2.75, 3.05) is 0 Å². The maximum Gasteiger partial charge on any atom is 0.307 e. The molecule has 0 amide bonds. The van der Waals surface area contributed by atoms with Gasteiger partial charge in [0.25, 0.3) is 0 Å². The van der Waals surface area contributed by atoms with Gasteiger partial charge in [-0.3, -0.25) is 9.48 Å². The van der Waals surface area contributed by atoms with E-state index in [9.17, 15) is 9.90 Å². The maximum absolute atomic E-state index is 11.3. The van der Waals surface area contributed by atoms with Gasteiger partial charge in [0.15, 0.2) is 0 Å². The number of aryl methyl sites for hydroxylation is 1. The third kappa shape index (κ3) is 4.31. The van der Waals surface area contributed by atoms with Gasteiger partial charge in [0.05, 0.1) is 39.7 Å². The molecular formula is C23H22Cl2N4O2. The van der Waals surface area contributed by atoms with E-state index < -0.39 is 5.97 Å². The van der Waals surface area contributed by atoms with E-state index in [0.29, 0.717) is 23.0 Å². The van der Waals surface area contributed by atoms with E-state index in [2.05, 4.69) is 15.1 Å². The van der Waals surface area contributed by atoms with Crippen LogP contribution >= 0.6 is 23.2 Å². The smallest absolute Gasteiger partial charge is 0.307 e. The number of carboxylic acid groups (broad SMARTS) is 1. The van der Waals surface area contributed by atoms with Gasteiger partial charge in [-0.25, -0.2) is 4.98 Å². The highest BCUT2D eigenvalue weighted by Crippen LogP contribution is 2.29. The molecule has 4 rings (SSSR count). The zero-order chi connectivity index (χ0) is 22.1. The SMILES string of the molecule is CCc1nn(Cc2ccc(-c3nc4cc(Cl)c(Cl)cc4[nH]3)cc2)c(CC)c1CC(=O)O. The van der Waals surface area contributed by atoms with Crippen molar-refractivity contribution in [3.05, 3.63) is 69.0 Å². The van der Waals surface area contributed by atoms with Gasteiger partial charge in [0.1, 0.15) is 5.82 Å². The number of nitrogens with one attached hydrogen (secondary N) is 1. The lowest BCUT2D eigenvalue weighted by Crippen LogP contribution is -2.08. The minimum absolute atomic E-state index is 0.00533. The summed E-state index contributed by atoms with van der Waals surface area (Å²) in [4.78, 5) is 19.2. The number of carboxylic acids is 1. The molecule has 2 N–H and O–H groups in total. The van der Waals surface area contributed by atoms with Crippen LogP contribution in [0.3, 0.4) is 0 Å². The predicted molar refractivity (Wildman–Crippen MR) is 123 cm³/mol. The van der Waals surface area contributed by atoms with E-state index in [1.54, 1.807) is 12.1 Å². The van der Waals surface area contributed by atoms with Crippen molar-refractivity contribution in [1.82, 2.24) is 19.7 Å². The molecule has 2 heterocycles. The number of H-pyrrole nitrogens is 1. The summed E-state index contributed by atoms with van der Waals surface area (Å²) in [5, 5.41) is 14.9. The highest BCUT2D eigenvalue weighted by molar-refractivity contribution is 6.42. The Labute approximate surface area is 189 Å². The van der Waals surface area contributed by atoms with Crippen molar-refractivity contribution >= 4 is 40.2 Å². The molecule has 0 aliphatic carbocycles. The molecule has 0 saturated carbocycles. The molecule has 0 unspecified atom stereocenters. The van der Waals surface area contributed by atoms with Crippen LogP contribution in [0, 0.1) is 0 Å². The molecule has 8 heteroatoms. The van der Waals surface area contributed by atoms with Gasteiger partial charge in [-0.2, -0.15) is 5.10 Å². The standard InChI is InChI=1S/C23H22Cl2N4O2/c1-3-18-15(9-22(30)31)21(4-2)29(28-18)12-13-5-7-14(8-6-13)23-26-19-10-16(24)17(25)11-20(19)27-23/h5-8,10-11H,3-4,9,12H2,1-2H3,(H,26,27)(H,30,31). The number of benzene rings is 2. The van der Waals surface area contributed by atoms with E-state index in [1.807, 2.05) is 42.8 Å². The van der Waals surface area contributed by atoms with Crippen molar-refractivity contribution < 1.29 is 9.90 Å². The first kappa shape index (κ1) is 21.4. The second-order valence-electron chi connectivity index (χ2n) is 7.37. The van der Waals surface area contributed by atoms with Gasteiger partial charge in [-0.05, 0) is 30.5 Å². The maximum atomic E-state index is 11.3. The van der Waals surface area contributed by atoms with Crippen LogP contribution in [0.5, 0.6) is 0 Å². The Kier molecular flexibility index (Phi) is 6.03. The van der Waals surface area contributed by atoms with Gasteiger partial charge in [-0.15, -0.1) is 0 Å². The molecule has 0 spiro atoms. The number of hydrogen-bond acceptors (Lipinski definition) is 3. The normalized spacial score (nSPS) is 11.4. The Morgan fingerprint density at radius 1 is 1.10 bits per heavy atom. The van der Waals surface area contributed by atoms with Crippen LogP contribution in [0.25, 0.3) is 22.4 Å². The Hall–Kier alpha value is -2.83. The van der Waals surface area contributed by atoms with Crippen LogP contribution < -0.4 is 0 Å². The number of aromatic nitrogens is 4. The lowest BCUT2D eigenvalue weighted by Gasteiger charge is -2.08. The highest BCUT2D eigenvalue weighted by atomic mass is 35.5. The quantitative estimate of drug-likeness (QED) is 0.382. The number of aliphatic carboxylic acids is 1. The lowest BCUT2D eigenvalue weighted by molar-refractivity contribution is -0.136. The summed E-state index contributed by atoms with van der Waals surface area (Å²) in [5.74, 6) is -0.0908. The Balaban J connectivity index is 1.61. The summed E-state index contributed by atoms with van der Waals surface area (Å²) in [7, 11) is 0. The van der Waals surface area contributed by atoms with Gasteiger partial charge in [0, 0.05) is 16.8 Å². The minimum Gasteiger partial charge on any atom is -0.481 e. The molecule has 0 bridgehead atoms. The number of aromatic amines is 1. The molecule has 0 fully saturated rings. The van der Waals surface area contributed by atoms with E-state index in [1.165, 1.54) is 0 Å². The molecule has 2 aromatic heterocycles. The molecule has 6 nitrogen and oxygen atoms in total. The molecule has 0 radical (unpaired) electrons. The average molecular weight is 457 g/mol. The second-order valence-corrected chi connectivity index (χ2v) is 8.19. The van der Waals surface area contributed by atoms with Gasteiger partial charge in [-0.1, -0.05) is 61.3 Å². The van der Waals surface area contributed by atoms with Gasteiger partial charge in [0.2, 0.25) is 0 Å². The van der Waals surface area contributed by atoms with Crippen LogP contribution in [0.2, 0.25) is 10.0 Å². The third-order valence-electron chi connectivity index (χ3n) is 5.33. The number of rotatable bonds is 7. The van der Waals surface area contributed by atoms with Crippen molar-refractivity contribution in [1.29, 1.82) is 0 Å². The van der Waals surface area contributed by atoms with Gasteiger partial charge >= 0.3 is 5.97 Å². The van der Waals surface area contributed by atoms with E-state index in [-0.39, 0.29) is 6.42 Å². The summed E-state index contributed by atoms with van der Waals surface area (Å²) >= 11 is 12.2. The molecule has 4 aromatic rings. The average Bonchev–Trinajstić information content (AvgIpc) is 3.29. The predicted octanol–water partition coefficient (Wildman–Crippen LogP) is 5.53. The van der Waals surface area contributed by atoms with E-state index in [0.717, 1.165) is 51.4 Å². The number of carbonyl (C=O) groups is 1. The number of nitrogens with zero attached hydrogens (tertiary/aromatic N) is 3. The summed E-state index contributed by atoms with van der Waals surface area (Å²) in [6.07, 6.45) is 1.45. The topological polar surface area (TPSA) is 83.8 Å². The van der Waals surface area contributed by atoms with Crippen LogP contribution in [0.1, 0.15) is 36.4 Å². The molecule has 0 aliphatic heterocycles. The Morgan fingerprint density at radius 2 is 1.81 bits per heavy atom. The van der Waals surface area contributed by atoms with Gasteiger partial charge < -0.3 is 10.1 Å². The van der Waals surface area contributed by atoms with Crippen molar-refractivity contribution in [3.8, 4) is 11.4 Å². The largest absolute Gasteiger partial charge is 0.481 e. The zero-order valence-electron chi connectivity index (χ0n) is 17.2. The first-order valence-corrected chi connectivity index (χ1v) is 10.9. The highest BCUT2D eigenvalue weighted by Gasteiger charge is 2.18. The summed E-state index contributed by atoms with van der Waals surface area (Å²) in [6, 6.07) is 11.6. The summed E-state index contributed by atoms with van der Waals surface area (Å²) in [6.45, 7) is 4.61. The fourth-order valence-electron chi connectivity index (χ4n) is 3.84. The zero-order valence-corrected chi connectivity index (χ0v) is 18.8. The first-order valence-electron chi connectivity index (χ1n) is 10.1.